The fourth-order valence-electron chi connectivity index (χ4n) is 2.25. The molecule has 0 bridgehead atoms. The average Bonchev–Trinajstić information content (AvgIpc) is 1.82. The van der Waals surface area contributed by atoms with Gasteiger partial charge in [-0.05, 0) is 13.3 Å². The lowest BCUT2D eigenvalue weighted by Gasteiger charge is -2.41. The van der Waals surface area contributed by atoms with Crippen molar-refractivity contribution in [3.8, 4) is 0 Å². The molecule has 0 radical (unpaired) electrons. The molecule has 1 rings (SSSR count). The molecule has 1 saturated heterocycles. The van der Waals surface area contributed by atoms with Crippen LogP contribution in [0, 0.1) is 0 Å². The van der Waals surface area contributed by atoms with Crippen LogP contribution in [-0.4, -0.2) is 55.5 Å². The first-order valence-electron chi connectivity index (χ1n) is 4.72. The second kappa shape index (κ2) is 3.73. The van der Waals surface area contributed by atoms with Gasteiger partial charge < -0.3 is 14.9 Å². The third kappa shape index (κ3) is 2.73. The van der Waals surface area contributed by atoms with Gasteiger partial charge in [0.2, 0.25) is 0 Å². The highest BCUT2D eigenvalue weighted by molar-refractivity contribution is 4.75. The van der Waals surface area contributed by atoms with Gasteiger partial charge >= 0.3 is 0 Å². The minimum Gasteiger partial charge on any atom is -0.396 e. The summed E-state index contributed by atoms with van der Waals surface area (Å²) in [6, 6.07) is 1.07. The number of likely N-dealkylation sites (N-methyl/N-ethyl adjacent to an activating group) is 1. The molecule has 0 amide bonds. The van der Waals surface area contributed by atoms with Crippen molar-refractivity contribution in [2.75, 3.05) is 33.8 Å². The monoisotopic (exact) mass is 173 g/mol. The van der Waals surface area contributed by atoms with Crippen LogP contribution >= 0.6 is 0 Å². The Morgan fingerprint density at radius 2 is 2.08 bits per heavy atom. The van der Waals surface area contributed by atoms with E-state index in [0.717, 1.165) is 17.4 Å². The van der Waals surface area contributed by atoms with Crippen LogP contribution in [0.2, 0.25) is 0 Å². The Bertz CT molecular complexity index is 147. The van der Waals surface area contributed by atoms with Gasteiger partial charge in [-0.2, -0.15) is 0 Å². The Balaban J connectivity index is 2.46. The van der Waals surface area contributed by atoms with E-state index in [9.17, 15) is 0 Å². The van der Waals surface area contributed by atoms with Gasteiger partial charge in [-0.3, -0.25) is 0 Å². The Kier molecular flexibility index (Phi) is 3.09. The highest BCUT2D eigenvalue weighted by atomic mass is 16.3. The molecule has 0 aromatic heterocycles. The van der Waals surface area contributed by atoms with Crippen molar-refractivity contribution >= 4 is 0 Å². The standard InChI is InChI=1S/C9H21N2O/c1-8-6-11(2,3)7-9(10-8)4-5-12/h8-10,12H,4-7H2,1-3H3/q+1. The molecule has 72 valence electrons. The number of quaternary nitrogens is 1. The quantitative estimate of drug-likeness (QED) is 0.567. The number of nitrogens with one attached hydrogen (secondary N) is 1. The van der Waals surface area contributed by atoms with Crippen LogP contribution in [0.25, 0.3) is 0 Å². The normalized spacial score (nSPS) is 35.0. The molecule has 2 N–H and O–H groups in total. The Labute approximate surface area is 75.0 Å². The number of rotatable bonds is 2. The van der Waals surface area contributed by atoms with Gasteiger partial charge in [0.05, 0.1) is 39.3 Å². The van der Waals surface area contributed by atoms with Crippen molar-refractivity contribution in [1.82, 2.24) is 5.32 Å². The molecule has 3 nitrogen and oxygen atoms in total. The fourth-order valence-corrected chi connectivity index (χ4v) is 2.25. The van der Waals surface area contributed by atoms with Crippen LogP contribution in [-0.2, 0) is 0 Å². The summed E-state index contributed by atoms with van der Waals surface area (Å²) in [5, 5.41) is 12.3. The molecular formula is C9H21N2O+. The zero-order valence-electron chi connectivity index (χ0n) is 8.38. The van der Waals surface area contributed by atoms with Gasteiger partial charge in [0, 0.05) is 6.61 Å². The van der Waals surface area contributed by atoms with Gasteiger partial charge in [-0.1, -0.05) is 0 Å². The lowest BCUT2D eigenvalue weighted by Crippen LogP contribution is -2.62. The van der Waals surface area contributed by atoms with E-state index in [1.807, 2.05) is 0 Å². The van der Waals surface area contributed by atoms with Crippen molar-refractivity contribution < 1.29 is 9.59 Å². The van der Waals surface area contributed by atoms with Gasteiger partial charge in [0.1, 0.15) is 0 Å². The Hall–Kier alpha value is -0.120. The van der Waals surface area contributed by atoms with Crippen molar-refractivity contribution in [1.29, 1.82) is 0 Å². The van der Waals surface area contributed by atoms with E-state index in [1.165, 1.54) is 6.54 Å². The number of aliphatic hydroxyl groups excluding tert-OH is 1. The molecule has 1 fully saturated rings. The smallest absolute Gasteiger partial charge is 0.0939 e. The largest absolute Gasteiger partial charge is 0.396 e. The molecule has 0 aromatic rings. The summed E-state index contributed by atoms with van der Waals surface area (Å²) in [5.41, 5.74) is 0. The molecule has 3 heteroatoms. The number of hydrogen-bond donors (Lipinski definition) is 2. The van der Waals surface area contributed by atoms with Gasteiger partial charge in [-0.25, -0.2) is 0 Å². The number of hydrogen-bond acceptors (Lipinski definition) is 2. The first-order chi connectivity index (χ1) is 5.53. The van der Waals surface area contributed by atoms with Gasteiger partial charge in [0.25, 0.3) is 0 Å². The highest BCUT2D eigenvalue weighted by Gasteiger charge is 2.30. The van der Waals surface area contributed by atoms with Crippen molar-refractivity contribution in [2.24, 2.45) is 0 Å². The van der Waals surface area contributed by atoms with E-state index < -0.39 is 0 Å². The van der Waals surface area contributed by atoms with Crippen molar-refractivity contribution in [3.63, 3.8) is 0 Å². The molecule has 2 unspecified atom stereocenters. The summed E-state index contributed by atoms with van der Waals surface area (Å²) in [7, 11) is 4.50. The molecular weight excluding hydrogens is 152 g/mol. The molecule has 12 heavy (non-hydrogen) atoms. The van der Waals surface area contributed by atoms with Crippen molar-refractivity contribution in [3.05, 3.63) is 0 Å². The maximum Gasteiger partial charge on any atom is 0.0939 e. The summed E-state index contributed by atoms with van der Waals surface area (Å²) in [4.78, 5) is 0. The first-order valence-corrected chi connectivity index (χ1v) is 4.72. The van der Waals surface area contributed by atoms with E-state index in [1.54, 1.807) is 0 Å². The molecule has 2 atom stereocenters. The SMILES string of the molecule is CC1C[N+](C)(C)CC(CCO)N1. The molecule has 1 heterocycles. The summed E-state index contributed by atoms with van der Waals surface area (Å²) in [5.74, 6) is 0. The van der Waals surface area contributed by atoms with Crippen LogP contribution in [0.1, 0.15) is 13.3 Å². The summed E-state index contributed by atoms with van der Waals surface area (Å²) in [6.07, 6.45) is 0.881. The molecule has 0 aliphatic carbocycles. The molecule has 1 aliphatic rings. The maximum absolute atomic E-state index is 8.83. The summed E-state index contributed by atoms with van der Waals surface area (Å²) < 4.78 is 1.07. The average molecular weight is 173 g/mol. The van der Waals surface area contributed by atoms with Crippen LogP contribution in [0.4, 0.5) is 0 Å². The van der Waals surface area contributed by atoms with Gasteiger partial charge in [0.15, 0.2) is 0 Å². The second-order valence-electron chi connectivity index (χ2n) is 4.58. The second-order valence-corrected chi connectivity index (χ2v) is 4.58. The van der Waals surface area contributed by atoms with Crippen LogP contribution in [0.15, 0.2) is 0 Å². The maximum atomic E-state index is 8.83. The topological polar surface area (TPSA) is 32.3 Å². The van der Waals surface area contributed by atoms with Crippen molar-refractivity contribution in [2.45, 2.75) is 25.4 Å². The number of aliphatic hydroxyl groups is 1. The number of nitrogens with zero attached hydrogens (tertiary/aromatic N) is 1. The molecule has 0 spiro atoms. The van der Waals surface area contributed by atoms with E-state index in [0.29, 0.717) is 18.7 Å². The van der Waals surface area contributed by atoms with Gasteiger partial charge in [-0.15, -0.1) is 0 Å². The van der Waals surface area contributed by atoms with E-state index in [-0.39, 0.29) is 0 Å². The molecule has 0 aromatic carbocycles. The Morgan fingerprint density at radius 3 is 2.58 bits per heavy atom. The predicted octanol–water partition coefficient (Wildman–Crippen LogP) is -0.194. The first kappa shape index (κ1) is 9.96. The lowest BCUT2D eigenvalue weighted by atomic mass is 10.1. The third-order valence-electron chi connectivity index (χ3n) is 2.48. The molecule has 1 aliphatic heterocycles. The van der Waals surface area contributed by atoms with E-state index in [4.69, 9.17) is 5.11 Å². The zero-order valence-corrected chi connectivity index (χ0v) is 8.38. The lowest BCUT2D eigenvalue weighted by molar-refractivity contribution is -0.897. The summed E-state index contributed by atoms with van der Waals surface area (Å²) >= 11 is 0. The fraction of sp³-hybridized carbons (Fsp3) is 1.00. The number of piperazine rings is 1. The van der Waals surface area contributed by atoms with Crippen LogP contribution in [0.5, 0.6) is 0 Å². The predicted molar refractivity (Wildman–Crippen MR) is 49.9 cm³/mol. The van der Waals surface area contributed by atoms with E-state index in [2.05, 4.69) is 26.3 Å². The van der Waals surface area contributed by atoms with E-state index >= 15 is 0 Å². The third-order valence-corrected chi connectivity index (χ3v) is 2.48. The summed E-state index contributed by atoms with van der Waals surface area (Å²) in [6.45, 7) is 4.82. The Morgan fingerprint density at radius 1 is 1.42 bits per heavy atom. The minimum absolute atomic E-state index is 0.296. The van der Waals surface area contributed by atoms with Crippen LogP contribution in [0.3, 0.4) is 0 Å². The highest BCUT2D eigenvalue weighted by Crippen LogP contribution is 2.10. The zero-order chi connectivity index (χ0) is 9.19. The minimum atomic E-state index is 0.296. The molecule has 0 saturated carbocycles. The van der Waals surface area contributed by atoms with Crippen LogP contribution < -0.4 is 5.32 Å².